The molecule has 0 amide bonds. The van der Waals surface area contributed by atoms with E-state index in [1.807, 2.05) is 22.7 Å². The molecule has 400 valence electrons. The maximum Gasteiger partial charge on any atom is 0.177 e. The second-order valence-electron chi connectivity index (χ2n) is 21.5. The Labute approximate surface area is 483 Å². The van der Waals surface area contributed by atoms with Crippen molar-refractivity contribution < 1.29 is 8.78 Å². The van der Waals surface area contributed by atoms with Crippen molar-refractivity contribution in [1.29, 1.82) is 0 Å². The molecule has 0 spiro atoms. The SMILES string of the molecule is CC[Si](C#Cc1c2cc3cc(F)sc3cc2c(C#C[Si](CC)(CC)CC)c2cc3cc(F)sc3cc12)(CC)CC.CC[Si](C#Cc1c2cc3ccsc3cc2c(C#C[Si](CC)(CC)CC)c2cc3ccsc3cc12)(CC)CC. The van der Waals surface area contributed by atoms with E-state index in [1.54, 1.807) is 12.1 Å². The van der Waals surface area contributed by atoms with E-state index >= 15 is 0 Å². The summed E-state index contributed by atoms with van der Waals surface area (Å²) in [5.41, 5.74) is 19.8. The molecule has 0 nitrogen and oxygen atoms in total. The Morgan fingerprint density at radius 1 is 0.308 bits per heavy atom. The summed E-state index contributed by atoms with van der Waals surface area (Å²) in [4.78, 5) is 0. The van der Waals surface area contributed by atoms with Gasteiger partial charge in [0.25, 0.3) is 0 Å². The zero-order valence-electron chi connectivity index (χ0n) is 48.0. The topological polar surface area (TPSA) is 0 Å². The first-order valence-corrected chi connectivity index (χ1v) is 42.7. The summed E-state index contributed by atoms with van der Waals surface area (Å²) in [6.45, 7) is 27.7. The number of thiophene rings is 4. The minimum Gasteiger partial charge on any atom is -0.195 e. The van der Waals surface area contributed by atoms with E-state index in [-0.39, 0.29) is 10.3 Å². The fourth-order valence-corrected chi connectivity index (χ4v) is 24.7. The van der Waals surface area contributed by atoms with E-state index in [2.05, 4.69) is 200 Å². The Morgan fingerprint density at radius 3 is 0.795 bits per heavy atom. The monoisotopic (exact) mass is 1170 g/mol. The maximum atomic E-state index is 14.5. The highest BCUT2D eigenvalue weighted by Crippen LogP contribution is 2.42. The van der Waals surface area contributed by atoms with Crippen molar-refractivity contribution in [3.63, 3.8) is 0 Å². The quantitative estimate of drug-likeness (QED) is 0.0650. The van der Waals surface area contributed by atoms with Crippen molar-refractivity contribution >= 4 is 161 Å². The lowest BCUT2D eigenvalue weighted by molar-refractivity contribution is 0.658. The molecule has 0 aliphatic carbocycles. The molecule has 0 saturated carbocycles. The third-order valence-corrected chi connectivity index (χ3v) is 40.9. The standard InChI is InChI=1S/C34H36F2S2Si2.C34H38S2Si2/c1-7-39(8-2,9-3)15-13-25-27-17-23-19-33(35)38-32(23)22-30(27)26(14-16-40(10-4,11-5)12-6)28-18-24-20-34(36)37-31(24)21-29(25)28;1-7-37(8-2,9-3)19-15-27-29-21-25-13-17-36-34(25)24-32(29)28(16-20-38(10-4,11-5)12-6)30-22-26-14-18-35-33(26)23-31(27)30/h17-22H,7-12H2,1-6H3;13-14,17-18,21-24H,7-12H2,1-6H3. The van der Waals surface area contributed by atoms with E-state index in [0.717, 1.165) is 89.1 Å². The number of fused-ring (bicyclic) bond motifs is 8. The first-order chi connectivity index (χ1) is 37.7. The lowest BCUT2D eigenvalue weighted by Gasteiger charge is -2.21. The van der Waals surface area contributed by atoms with Crippen LogP contribution in [0.1, 0.15) is 105 Å². The first kappa shape index (κ1) is 57.8. The van der Waals surface area contributed by atoms with Crippen molar-refractivity contribution in [1.82, 2.24) is 0 Å². The fraction of sp³-hybridized carbons (Fsp3) is 0.353. The molecule has 10 heteroatoms. The number of benzene rings is 6. The lowest BCUT2D eigenvalue weighted by Crippen LogP contribution is -2.29. The summed E-state index contributed by atoms with van der Waals surface area (Å²) in [6.07, 6.45) is 0. The Morgan fingerprint density at radius 2 is 0.538 bits per heavy atom. The molecule has 10 aromatic rings. The summed E-state index contributed by atoms with van der Waals surface area (Å²) in [5, 5.41) is 17.7. The van der Waals surface area contributed by atoms with Crippen LogP contribution in [0, 0.1) is 56.1 Å². The van der Waals surface area contributed by atoms with Gasteiger partial charge >= 0.3 is 0 Å². The van der Waals surface area contributed by atoms with Gasteiger partial charge in [0.2, 0.25) is 0 Å². The minimum absolute atomic E-state index is 0.185. The average molecular weight is 1170 g/mol. The number of rotatable bonds is 12. The van der Waals surface area contributed by atoms with Gasteiger partial charge in [-0.05, 0) is 199 Å². The maximum absolute atomic E-state index is 14.5. The van der Waals surface area contributed by atoms with Crippen molar-refractivity contribution in [2.24, 2.45) is 0 Å². The minimum atomic E-state index is -1.74. The van der Waals surface area contributed by atoms with Crippen LogP contribution in [0.2, 0.25) is 72.5 Å². The van der Waals surface area contributed by atoms with Gasteiger partial charge in [-0.2, -0.15) is 8.78 Å². The Hall–Kier alpha value is -4.83. The third kappa shape index (κ3) is 10.9. The highest BCUT2D eigenvalue weighted by atomic mass is 32.1. The van der Waals surface area contributed by atoms with Crippen LogP contribution >= 0.6 is 45.3 Å². The molecule has 6 aromatic carbocycles. The molecule has 10 rings (SSSR count). The van der Waals surface area contributed by atoms with E-state index in [9.17, 15) is 8.78 Å². The molecule has 0 N–H and O–H groups in total. The Balaban J connectivity index is 0.000000190. The van der Waals surface area contributed by atoms with Gasteiger partial charge in [0, 0.05) is 62.6 Å². The highest BCUT2D eigenvalue weighted by molar-refractivity contribution is 7.18. The zero-order valence-corrected chi connectivity index (χ0v) is 55.2. The van der Waals surface area contributed by atoms with Crippen LogP contribution < -0.4 is 0 Å². The zero-order chi connectivity index (χ0) is 55.6. The van der Waals surface area contributed by atoms with Gasteiger partial charge in [-0.3, -0.25) is 0 Å². The molecule has 0 aliphatic heterocycles. The summed E-state index contributed by atoms with van der Waals surface area (Å²) < 4.78 is 33.4. The van der Waals surface area contributed by atoms with Gasteiger partial charge in [0.15, 0.2) is 10.3 Å². The molecule has 0 atom stereocenters. The van der Waals surface area contributed by atoms with Crippen LogP contribution in [0.3, 0.4) is 0 Å². The van der Waals surface area contributed by atoms with Crippen LogP contribution in [0.15, 0.2) is 83.6 Å². The second-order valence-corrected chi connectivity index (χ2v) is 45.2. The number of halogens is 2. The van der Waals surface area contributed by atoms with Crippen LogP contribution in [-0.4, -0.2) is 32.3 Å². The first-order valence-electron chi connectivity index (χ1n) is 28.8. The number of hydrogen-bond donors (Lipinski definition) is 0. The van der Waals surface area contributed by atoms with Crippen molar-refractivity contribution in [2.75, 3.05) is 0 Å². The number of hydrogen-bond acceptors (Lipinski definition) is 4. The van der Waals surface area contributed by atoms with Gasteiger partial charge in [-0.25, -0.2) is 0 Å². The summed E-state index contributed by atoms with van der Waals surface area (Å²) >= 11 is 6.00. The molecular weight excluding hydrogens is 1100 g/mol. The predicted octanol–water partition coefficient (Wildman–Crippen LogP) is 22.7. The summed E-state index contributed by atoms with van der Waals surface area (Å²) in [6, 6.07) is 39.8. The summed E-state index contributed by atoms with van der Waals surface area (Å²) in [5.74, 6) is 15.1. The lowest BCUT2D eigenvalue weighted by atomic mass is 9.91. The van der Waals surface area contributed by atoms with Gasteiger partial charge in [-0.1, -0.05) is 107 Å². The molecule has 0 aliphatic rings. The molecule has 4 aromatic heterocycles. The molecule has 0 unspecified atom stereocenters. The Kier molecular flexibility index (Phi) is 17.9. The molecule has 0 fully saturated rings. The molecule has 0 radical (unpaired) electrons. The van der Waals surface area contributed by atoms with Crippen LogP contribution in [-0.2, 0) is 0 Å². The highest BCUT2D eigenvalue weighted by Gasteiger charge is 2.29. The van der Waals surface area contributed by atoms with E-state index < -0.39 is 32.3 Å². The second kappa shape index (κ2) is 24.1. The van der Waals surface area contributed by atoms with Crippen LogP contribution in [0.5, 0.6) is 0 Å². The fourth-order valence-electron chi connectivity index (χ4n) is 11.7. The van der Waals surface area contributed by atoms with Crippen molar-refractivity contribution in [3.05, 3.63) is 116 Å². The normalized spacial score (nSPS) is 12.2. The van der Waals surface area contributed by atoms with Crippen LogP contribution in [0.4, 0.5) is 8.78 Å². The average Bonchev–Trinajstić information content (AvgIpc) is 4.43. The van der Waals surface area contributed by atoms with Crippen molar-refractivity contribution in [3.8, 4) is 45.9 Å². The van der Waals surface area contributed by atoms with Crippen LogP contribution in [0.25, 0.3) is 83.4 Å². The van der Waals surface area contributed by atoms with Gasteiger partial charge < -0.3 is 0 Å². The molecule has 78 heavy (non-hydrogen) atoms. The van der Waals surface area contributed by atoms with Gasteiger partial charge in [-0.15, -0.1) is 67.5 Å². The molecular formula is C68H74F2S4Si4. The molecule has 0 saturated heterocycles. The third-order valence-electron chi connectivity index (χ3n) is 18.5. The van der Waals surface area contributed by atoms with E-state index in [0.29, 0.717) is 0 Å². The van der Waals surface area contributed by atoms with Crippen molar-refractivity contribution in [2.45, 2.75) is 156 Å². The predicted molar refractivity (Wildman–Crippen MR) is 361 cm³/mol. The van der Waals surface area contributed by atoms with E-state index in [4.69, 9.17) is 0 Å². The molecule has 0 bridgehead atoms. The van der Waals surface area contributed by atoms with Gasteiger partial charge in [0.1, 0.15) is 32.3 Å². The molecule has 4 heterocycles. The van der Waals surface area contributed by atoms with Gasteiger partial charge in [0.05, 0.1) is 0 Å². The smallest absolute Gasteiger partial charge is 0.177 e. The summed E-state index contributed by atoms with van der Waals surface area (Å²) in [7, 11) is -6.69. The largest absolute Gasteiger partial charge is 0.195 e. The van der Waals surface area contributed by atoms with E-state index in [1.165, 1.54) is 112 Å². The Bertz CT molecular complexity index is 3680.